The van der Waals surface area contributed by atoms with Crippen molar-refractivity contribution in [3.05, 3.63) is 36.4 Å². The zero-order valence-electron chi connectivity index (χ0n) is 23.1. The minimum Gasteiger partial charge on any atom is -0.481 e. The number of carbonyl (C=O) groups is 2. The summed E-state index contributed by atoms with van der Waals surface area (Å²) in [7, 11) is -0.496. The average molecular weight is 562 g/mol. The lowest BCUT2D eigenvalue weighted by atomic mass is 9.91. The van der Waals surface area contributed by atoms with Gasteiger partial charge in [0, 0.05) is 49.1 Å². The van der Waals surface area contributed by atoms with Crippen LogP contribution in [0.15, 0.2) is 41.3 Å². The third-order valence-corrected chi connectivity index (χ3v) is 9.08. The molecule has 10 heteroatoms. The van der Waals surface area contributed by atoms with Crippen molar-refractivity contribution < 1.29 is 28.2 Å². The average Bonchev–Trinajstić information content (AvgIpc) is 2.91. The molecule has 2 aromatic carbocycles. The lowest BCUT2D eigenvalue weighted by Gasteiger charge is -2.30. The van der Waals surface area contributed by atoms with E-state index in [1.165, 1.54) is 70.3 Å². The van der Waals surface area contributed by atoms with Gasteiger partial charge in [0.2, 0.25) is 10.0 Å². The van der Waals surface area contributed by atoms with Gasteiger partial charge in [-0.15, -0.1) is 0 Å². The van der Waals surface area contributed by atoms with E-state index >= 15 is 0 Å². The van der Waals surface area contributed by atoms with Crippen molar-refractivity contribution in [3.8, 4) is 0 Å². The molecule has 0 unspecified atom stereocenters. The van der Waals surface area contributed by atoms with Gasteiger partial charge in [0.05, 0.1) is 4.90 Å². The van der Waals surface area contributed by atoms with E-state index in [1.54, 1.807) is 24.3 Å². The van der Waals surface area contributed by atoms with Crippen molar-refractivity contribution in [2.75, 3.05) is 19.0 Å². The van der Waals surface area contributed by atoms with Crippen LogP contribution in [0, 0.1) is 0 Å². The van der Waals surface area contributed by atoms with Gasteiger partial charge in [0.25, 0.3) is 0 Å². The Bertz CT molecular complexity index is 1190. The quantitative estimate of drug-likeness (QED) is 0.327. The number of carboxylic acids is 2. The number of anilines is 1. The monoisotopic (exact) mass is 561 g/mol. The van der Waals surface area contributed by atoms with E-state index in [1.807, 2.05) is 25.1 Å². The Labute approximate surface area is 232 Å². The molecule has 0 aliphatic heterocycles. The fourth-order valence-corrected chi connectivity index (χ4v) is 6.96. The predicted molar refractivity (Wildman–Crippen MR) is 154 cm³/mol. The molecule has 4 rings (SSSR count). The summed E-state index contributed by atoms with van der Waals surface area (Å²) in [6, 6.07) is 10.2. The fraction of sp³-hybridized carbons (Fsp3) is 0.586. The molecule has 0 amide bonds. The number of sulfonamides is 1. The van der Waals surface area contributed by atoms with E-state index in [-0.39, 0.29) is 11.3 Å². The van der Waals surface area contributed by atoms with Crippen molar-refractivity contribution in [2.24, 2.45) is 0 Å². The zero-order valence-corrected chi connectivity index (χ0v) is 23.9. The molecule has 4 N–H and O–H groups in total. The minimum absolute atomic E-state index is 0.0553. The van der Waals surface area contributed by atoms with Crippen LogP contribution in [0.4, 0.5) is 5.69 Å². The highest BCUT2D eigenvalue weighted by atomic mass is 32.2. The van der Waals surface area contributed by atoms with E-state index in [0.29, 0.717) is 10.8 Å². The molecule has 0 bridgehead atoms. The van der Waals surface area contributed by atoms with Crippen LogP contribution in [0.25, 0.3) is 10.8 Å². The van der Waals surface area contributed by atoms with Crippen LogP contribution in [0.5, 0.6) is 0 Å². The SMILES string of the molecule is C1CCC(NC2CCCCC2)CC1.CN(C)c1cccc2c(S(=O)(=O)N[C@@H](CCC(=O)O)C(=O)O)cccc12. The topological polar surface area (TPSA) is 136 Å². The van der Waals surface area contributed by atoms with Gasteiger partial charge >= 0.3 is 11.9 Å². The third kappa shape index (κ3) is 9.19. The number of nitrogens with zero attached hydrogens (tertiary/aromatic N) is 1. The van der Waals surface area contributed by atoms with E-state index in [0.717, 1.165) is 17.8 Å². The third-order valence-electron chi connectivity index (χ3n) is 7.55. The van der Waals surface area contributed by atoms with Gasteiger partial charge in [0.1, 0.15) is 6.04 Å². The highest BCUT2D eigenvalue weighted by molar-refractivity contribution is 7.89. The van der Waals surface area contributed by atoms with Crippen LogP contribution in [0.3, 0.4) is 0 Å². The lowest BCUT2D eigenvalue weighted by Crippen LogP contribution is -2.41. The predicted octanol–water partition coefficient (Wildman–Crippen LogP) is 4.74. The standard InChI is InChI=1S/C17H20N2O6S.C12H23N/c1-19(2)14-7-3-6-12-11(14)5-4-8-15(12)26(24,25)18-13(17(22)23)9-10-16(20)21;1-3-7-11(8-4-1)13-12-9-5-2-6-10-12/h3-8,13,18H,9-10H2,1-2H3,(H,20,21)(H,22,23);11-13H,1-10H2/t13-;/m0./s1. The molecule has 0 heterocycles. The molecular formula is C29H43N3O6S. The number of hydrogen-bond donors (Lipinski definition) is 4. The molecule has 0 aromatic heterocycles. The molecule has 9 nitrogen and oxygen atoms in total. The number of rotatable bonds is 10. The van der Waals surface area contributed by atoms with Crippen LogP contribution in [-0.2, 0) is 19.6 Å². The van der Waals surface area contributed by atoms with Crippen LogP contribution < -0.4 is 14.9 Å². The molecule has 39 heavy (non-hydrogen) atoms. The molecule has 2 aromatic rings. The second-order valence-electron chi connectivity index (χ2n) is 10.8. The Morgan fingerprint density at radius 2 is 1.41 bits per heavy atom. The van der Waals surface area contributed by atoms with Crippen molar-refractivity contribution in [1.29, 1.82) is 0 Å². The number of nitrogens with one attached hydrogen (secondary N) is 2. The maximum atomic E-state index is 12.8. The smallest absolute Gasteiger partial charge is 0.321 e. The van der Waals surface area contributed by atoms with Gasteiger partial charge in [-0.05, 0) is 44.2 Å². The van der Waals surface area contributed by atoms with E-state index in [4.69, 9.17) is 5.11 Å². The Kier molecular flexibility index (Phi) is 11.6. The Hall–Kier alpha value is -2.69. The number of aliphatic carboxylic acids is 2. The Morgan fingerprint density at radius 1 is 0.872 bits per heavy atom. The summed E-state index contributed by atoms with van der Waals surface area (Å²) < 4.78 is 27.6. The summed E-state index contributed by atoms with van der Waals surface area (Å²) in [4.78, 5) is 23.8. The zero-order chi connectivity index (χ0) is 28.4. The van der Waals surface area contributed by atoms with Gasteiger partial charge in [-0.1, -0.05) is 62.8 Å². The Morgan fingerprint density at radius 3 is 1.92 bits per heavy atom. The molecule has 216 valence electrons. The molecule has 2 saturated carbocycles. The largest absolute Gasteiger partial charge is 0.481 e. The maximum Gasteiger partial charge on any atom is 0.321 e. The first-order chi connectivity index (χ1) is 18.6. The van der Waals surface area contributed by atoms with Crippen molar-refractivity contribution in [2.45, 2.75) is 100 Å². The summed E-state index contributed by atoms with van der Waals surface area (Å²) in [5.41, 5.74) is 0.820. The molecule has 2 aliphatic carbocycles. The summed E-state index contributed by atoms with van der Waals surface area (Å²) in [6.07, 6.45) is 13.8. The van der Waals surface area contributed by atoms with Crippen molar-refractivity contribution in [3.63, 3.8) is 0 Å². The van der Waals surface area contributed by atoms with Crippen molar-refractivity contribution >= 4 is 38.4 Å². The maximum absolute atomic E-state index is 12.8. The first-order valence-electron chi connectivity index (χ1n) is 14.0. The summed E-state index contributed by atoms with van der Waals surface area (Å²) in [5.74, 6) is -2.62. The molecule has 2 aliphatic rings. The second kappa shape index (κ2) is 14.6. The van der Waals surface area contributed by atoms with Crippen LogP contribution in [-0.4, -0.2) is 62.8 Å². The molecule has 1 atom stereocenters. The van der Waals surface area contributed by atoms with Crippen LogP contribution >= 0.6 is 0 Å². The summed E-state index contributed by atoms with van der Waals surface area (Å²) in [5, 5.41) is 22.9. The van der Waals surface area contributed by atoms with Gasteiger partial charge in [-0.25, -0.2) is 8.42 Å². The first kappa shape index (κ1) is 30.8. The number of hydrogen-bond acceptors (Lipinski definition) is 6. The number of carboxylic acid groups (broad SMARTS) is 2. The second-order valence-corrected chi connectivity index (χ2v) is 12.5. The molecule has 0 radical (unpaired) electrons. The lowest BCUT2D eigenvalue weighted by molar-refractivity contribution is -0.140. The van der Waals surface area contributed by atoms with E-state index in [2.05, 4.69) is 10.0 Å². The van der Waals surface area contributed by atoms with Gasteiger partial charge in [-0.2, -0.15) is 4.72 Å². The van der Waals surface area contributed by atoms with Gasteiger partial charge in [-0.3, -0.25) is 9.59 Å². The highest BCUT2D eigenvalue weighted by Crippen LogP contribution is 2.30. The highest BCUT2D eigenvalue weighted by Gasteiger charge is 2.27. The number of fused-ring (bicyclic) bond motifs is 1. The van der Waals surface area contributed by atoms with Gasteiger partial charge in [0.15, 0.2) is 0 Å². The van der Waals surface area contributed by atoms with Crippen LogP contribution in [0.1, 0.15) is 77.0 Å². The van der Waals surface area contributed by atoms with Gasteiger partial charge < -0.3 is 20.4 Å². The Balaban J connectivity index is 0.000000268. The van der Waals surface area contributed by atoms with Crippen LogP contribution in [0.2, 0.25) is 0 Å². The normalized spacial score (nSPS) is 17.7. The molecule has 0 spiro atoms. The summed E-state index contributed by atoms with van der Waals surface area (Å²) in [6.45, 7) is 0. The van der Waals surface area contributed by atoms with E-state index < -0.39 is 34.4 Å². The molecule has 2 fully saturated rings. The minimum atomic E-state index is -4.16. The number of benzene rings is 2. The van der Waals surface area contributed by atoms with E-state index in [9.17, 15) is 23.1 Å². The first-order valence-corrected chi connectivity index (χ1v) is 15.5. The molecule has 0 saturated heterocycles. The summed E-state index contributed by atoms with van der Waals surface area (Å²) >= 11 is 0. The van der Waals surface area contributed by atoms with Crippen molar-refractivity contribution in [1.82, 2.24) is 10.0 Å². The molecular weight excluding hydrogens is 518 g/mol. The fourth-order valence-electron chi connectivity index (χ4n) is 5.51.